The van der Waals surface area contributed by atoms with Crippen LogP contribution in [0, 0.1) is 5.92 Å². The van der Waals surface area contributed by atoms with Crippen LogP contribution in [-0.4, -0.2) is 32.0 Å². The Morgan fingerprint density at radius 3 is 2.52 bits per heavy atom. The van der Waals surface area contributed by atoms with Crippen LogP contribution in [0.15, 0.2) is 42.5 Å². The first kappa shape index (κ1) is 18.9. The number of nitrogens with one attached hydrogen (secondary N) is 3. The summed E-state index contributed by atoms with van der Waals surface area (Å²) in [5.74, 6) is -0.542. The predicted molar refractivity (Wildman–Crippen MR) is 95.9 cm³/mol. The van der Waals surface area contributed by atoms with Gasteiger partial charge in [0.25, 0.3) is 0 Å². The summed E-state index contributed by atoms with van der Waals surface area (Å²) in [7, 11) is 1.79. The Hall–Kier alpha value is -2.11. The molecule has 0 spiro atoms. The van der Waals surface area contributed by atoms with Gasteiger partial charge in [-0.3, -0.25) is 9.59 Å². The van der Waals surface area contributed by atoms with Crippen LogP contribution < -0.4 is 16.0 Å². The average Bonchev–Trinajstić information content (AvgIpc) is 2.53. The lowest BCUT2D eigenvalue weighted by molar-refractivity contribution is -0.126. The van der Waals surface area contributed by atoms with E-state index in [-0.39, 0.29) is 36.7 Å². The molecule has 1 atom stereocenters. The normalized spacial score (nSPS) is 11.4. The summed E-state index contributed by atoms with van der Waals surface area (Å²) in [5.41, 5.74) is 0.751. The SMILES string of the molecule is CNCC(C)C(=O)NCC(=O)Nc1cccc2ccccc12.Cl. The van der Waals surface area contributed by atoms with Crippen LogP contribution >= 0.6 is 12.4 Å². The predicted octanol–water partition coefficient (Wildman–Crippen LogP) is 2.17. The summed E-state index contributed by atoms with van der Waals surface area (Å²) in [6, 6.07) is 13.6. The van der Waals surface area contributed by atoms with Crippen LogP contribution in [0.5, 0.6) is 0 Å². The summed E-state index contributed by atoms with van der Waals surface area (Å²) >= 11 is 0. The van der Waals surface area contributed by atoms with Crippen molar-refractivity contribution in [3.05, 3.63) is 42.5 Å². The first-order valence-corrected chi connectivity index (χ1v) is 7.31. The topological polar surface area (TPSA) is 70.2 Å². The number of amides is 2. The molecule has 0 aliphatic heterocycles. The van der Waals surface area contributed by atoms with E-state index in [9.17, 15) is 9.59 Å². The van der Waals surface area contributed by atoms with Crippen molar-refractivity contribution in [3.63, 3.8) is 0 Å². The van der Waals surface area contributed by atoms with Crippen molar-refractivity contribution in [2.45, 2.75) is 6.92 Å². The first-order chi connectivity index (χ1) is 10.6. The minimum Gasteiger partial charge on any atom is -0.347 e. The van der Waals surface area contributed by atoms with Crippen molar-refractivity contribution in [3.8, 4) is 0 Å². The maximum atomic E-state index is 12.0. The Morgan fingerprint density at radius 1 is 1.09 bits per heavy atom. The molecule has 124 valence electrons. The summed E-state index contributed by atoms with van der Waals surface area (Å²) in [5, 5.41) is 10.5. The van der Waals surface area contributed by atoms with Crippen molar-refractivity contribution in [2.24, 2.45) is 5.92 Å². The highest BCUT2D eigenvalue weighted by Crippen LogP contribution is 2.22. The van der Waals surface area contributed by atoms with Gasteiger partial charge in [-0.1, -0.05) is 43.3 Å². The number of carbonyl (C=O) groups is 2. The van der Waals surface area contributed by atoms with E-state index in [0.29, 0.717) is 6.54 Å². The van der Waals surface area contributed by atoms with E-state index in [1.807, 2.05) is 49.4 Å². The van der Waals surface area contributed by atoms with Crippen LogP contribution in [0.2, 0.25) is 0 Å². The molecule has 0 bridgehead atoms. The third-order valence-electron chi connectivity index (χ3n) is 3.44. The van der Waals surface area contributed by atoms with Gasteiger partial charge in [0.15, 0.2) is 0 Å². The molecule has 5 nitrogen and oxygen atoms in total. The lowest BCUT2D eigenvalue weighted by Gasteiger charge is -2.12. The fourth-order valence-corrected chi connectivity index (χ4v) is 2.27. The van der Waals surface area contributed by atoms with Crippen molar-refractivity contribution in [2.75, 3.05) is 25.5 Å². The van der Waals surface area contributed by atoms with E-state index in [0.717, 1.165) is 16.5 Å². The van der Waals surface area contributed by atoms with Crippen molar-refractivity contribution in [1.29, 1.82) is 0 Å². The van der Waals surface area contributed by atoms with Gasteiger partial charge < -0.3 is 16.0 Å². The standard InChI is InChI=1S/C17H21N3O2.ClH/c1-12(10-18-2)17(22)19-11-16(21)20-15-9-5-7-13-6-3-4-8-14(13)15;/h3-9,12,18H,10-11H2,1-2H3,(H,19,22)(H,20,21);1H. The van der Waals surface area contributed by atoms with E-state index in [1.54, 1.807) is 7.05 Å². The van der Waals surface area contributed by atoms with Crippen LogP contribution in [-0.2, 0) is 9.59 Å². The number of carbonyl (C=O) groups excluding carboxylic acids is 2. The summed E-state index contributed by atoms with van der Waals surface area (Å²) in [6.45, 7) is 2.36. The molecule has 1 unspecified atom stereocenters. The Kier molecular flexibility index (Phi) is 7.51. The van der Waals surface area contributed by atoms with Gasteiger partial charge in [-0.15, -0.1) is 12.4 Å². The van der Waals surface area contributed by atoms with E-state index in [4.69, 9.17) is 0 Å². The highest BCUT2D eigenvalue weighted by atomic mass is 35.5. The van der Waals surface area contributed by atoms with Gasteiger partial charge in [0, 0.05) is 23.5 Å². The van der Waals surface area contributed by atoms with Gasteiger partial charge in [0.05, 0.1) is 6.54 Å². The minimum absolute atomic E-state index is 0. The second-order valence-corrected chi connectivity index (χ2v) is 5.25. The van der Waals surface area contributed by atoms with Crippen LogP contribution in [0.1, 0.15) is 6.92 Å². The van der Waals surface area contributed by atoms with E-state index < -0.39 is 0 Å². The molecule has 23 heavy (non-hydrogen) atoms. The van der Waals surface area contributed by atoms with Crippen LogP contribution in [0.4, 0.5) is 5.69 Å². The number of benzene rings is 2. The first-order valence-electron chi connectivity index (χ1n) is 7.31. The number of anilines is 1. The highest BCUT2D eigenvalue weighted by Gasteiger charge is 2.13. The number of hydrogen-bond acceptors (Lipinski definition) is 3. The molecule has 0 heterocycles. The smallest absolute Gasteiger partial charge is 0.243 e. The summed E-state index contributed by atoms with van der Waals surface area (Å²) in [6.07, 6.45) is 0. The van der Waals surface area contributed by atoms with Crippen molar-refractivity contribution >= 4 is 40.7 Å². The molecule has 0 radical (unpaired) electrons. The molecule has 2 rings (SSSR count). The zero-order valence-corrected chi connectivity index (χ0v) is 14.1. The van der Waals surface area contributed by atoms with Crippen LogP contribution in [0.3, 0.4) is 0 Å². The lowest BCUT2D eigenvalue weighted by Crippen LogP contribution is -2.38. The fraction of sp³-hybridized carbons (Fsp3) is 0.294. The molecule has 2 aromatic rings. The molecule has 2 amide bonds. The summed E-state index contributed by atoms with van der Waals surface area (Å²) in [4.78, 5) is 23.8. The number of hydrogen-bond donors (Lipinski definition) is 3. The van der Waals surface area contributed by atoms with Gasteiger partial charge in [0.1, 0.15) is 0 Å². The molecule has 0 saturated carbocycles. The Bertz CT molecular complexity index is 670. The fourth-order valence-electron chi connectivity index (χ4n) is 2.27. The number of fused-ring (bicyclic) bond motifs is 1. The minimum atomic E-state index is -0.235. The maximum absolute atomic E-state index is 12.0. The van der Waals surface area contributed by atoms with Crippen molar-refractivity contribution < 1.29 is 9.59 Å². The van der Waals surface area contributed by atoms with Gasteiger partial charge in [-0.25, -0.2) is 0 Å². The highest BCUT2D eigenvalue weighted by molar-refractivity contribution is 6.03. The lowest BCUT2D eigenvalue weighted by atomic mass is 10.1. The molecule has 2 aromatic carbocycles. The van der Waals surface area contributed by atoms with Gasteiger partial charge in [0.2, 0.25) is 11.8 Å². The monoisotopic (exact) mass is 335 g/mol. The number of halogens is 1. The molecule has 0 aliphatic carbocycles. The van der Waals surface area contributed by atoms with Crippen molar-refractivity contribution in [1.82, 2.24) is 10.6 Å². The molecule has 3 N–H and O–H groups in total. The van der Waals surface area contributed by atoms with Gasteiger partial charge in [-0.05, 0) is 18.5 Å². The molecule has 0 aliphatic rings. The molecule has 6 heteroatoms. The quantitative estimate of drug-likeness (QED) is 0.757. The Labute approximate surface area is 142 Å². The Morgan fingerprint density at radius 2 is 1.78 bits per heavy atom. The maximum Gasteiger partial charge on any atom is 0.243 e. The van der Waals surface area contributed by atoms with E-state index >= 15 is 0 Å². The third-order valence-corrected chi connectivity index (χ3v) is 3.44. The average molecular weight is 336 g/mol. The number of rotatable bonds is 6. The molecule has 0 fully saturated rings. The molecule has 0 aromatic heterocycles. The zero-order valence-electron chi connectivity index (χ0n) is 13.3. The third kappa shape index (κ3) is 5.23. The molecular weight excluding hydrogens is 314 g/mol. The van der Waals surface area contributed by atoms with Gasteiger partial charge >= 0.3 is 0 Å². The molecule has 0 saturated heterocycles. The molecular formula is C17H22ClN3O2. The van der Waals surface area contributed by atoms with Crippen LogP contribution in [0.25, 0.3) is 10.8 Å². The largest absolute Gasteiger partial charge is 0.347 e. The second kappa shape index (κ2) is 9.12. The summed E-state index contributed by atoms with van der Waals surface area (Å²) < 4.78 is 0. The van der Waals surface area contributed by atoms with Gasteiger partial charge in [-0.2, -0.15) is 0 Å². The Balaban J connectivity index is 0.00000264. The second-order valence-electron chi connectivity index (χ2n) is 5.25. The zero-order chi connectivity index (χ0) is 15.9. The van der Waals surface area contributed by atoms with E-state index in [1.165, 1.54) is 0 Å². The van der Waals surface area contributed by atoms with E-state index in [2.05, 4.69) is 16.0 Å².